The van der Waals surface area contributed by atoms with E-state index in [0.29, 0.717) is 30.3 Å². The van der Waals surface area contributed by atoms with Crippen molar-refractivity contribution in [1.82, 2.24) is 20.7 Å². The van der Waals surface area contributed by atoms with Gasteiger partial charge in [-0.1, -0.05) is 12.1 Å². The van der Waals surface area contributed by atoms with Crippen molar-refractivity contribution in [3.05, 3.63) is 30.5 Å². The van der Waals surface area contributed by atoms with Crippen molar-refractivity contribution >= 4 is 29.3 Å². The Bertz CT molecular complexity index is 737. The first kappa shape index (κ1) is 17.3. The van der Waals surface area contributed by atoms with Crippen molar-refractivity contribution < 1.29 is 14.3 Å². The Morgan fingerprint density at radius 2 is 2.32 bits per heavy atom. The summed E-state index contributed by atoms with van der Waals surface area (Å²) in [6.45, 7) is 0.872. The highest BCUT2D eigenvalue weighted by Gasteiger charge is 2.36. The summed E-state index contributed by atoms with van der Waals surface area (Å²) in [7, 11) is 1.57. The van der Waals surface area contributed by atoms with Crippen LogP contribution >= 0.6 is 11.8 Å². The number of nitrogens with one attached hydrogen (secondary N) is 2. The zero-order valence-corrected chi connectivity index (χ0v) is 14.6. The number of hydrogen-bond acceptors (Lipinski definition) is 6. The maximum Gasteiger partial charge on any atom is 0.227 e. The molecule has 1 unspecified atom stereocenters. The summed E-state index contributed by atoms with van der Waals surface area (Å²) in [6, 6.07) is 7.32. The molecule has 8 nitrogen and oxygen atoms in total. The molecule has 0 radical (unpaired) electrons. The molecule has 0 saturated carbocycles. The average molecular weight is 361 g/mol. The number of hydrogen-bond donors (Lipinski definition) is 2. The summed E-state index contributed by atoms with van der Waals surface area (Å²) >= 11 is 1.50. The number of carbonyl (C=O) groups excluding carboxylic acids is 2. The van der Waals surface area contributed by atoms with Crippen LogP contribution in [-0.4, -0.2) is 53.2 Å². The van der Waals surface area contributed by atoms with Gasteiger partial charge in [0.2, 0.25) is 11.8 Å². The van der Waals surface area contributed by atoms with E-state index in [1.807, 2.05) is 18.2 Å². The van der Waals surface area contributed by atoms with E-state index in [1.54, 1.807) is 24.3 Å². The molecule has 2 aromatic rings. The van der Waals surface area contributed by atoms with Gasteiger partial charge in [0.1, 0.15) is 10.8 Å². The third-order valence-electron chi connectivity index (χ3n) is 3.92. The van der Waals surface area contributed by atoms with Crippen LogP contribution in [0.2, 0.25) is 0 Å². The zero-order chi connectivity index (χ0) is 17.6. The second-order valence-electron chi connectivity index (χ2n) is 5.52. The van der Waals surface area contributed by atoms with Crippen LogP contribution in [-0.2, 0) is 9.59 Å². The largest absolute Gasteiger partial charge is 0.495 e. The van der Waals surface area contributed by atoms with Crippen LogP contribution in [0.3, 0.4) is 0 Å². The Hall–Kier alpha value is -2.55. The van der Waals surface area contributed by atoms with Gasteiger partial charge in [-0.2, -0.15) is 10.3 Å². The monoisotopic (exact) mass is 361 g/mol. The van der Waals surface area contributed by atoms with Crippen molar-refractivity contribution in [1.29, 1.82) is 0 Å². The van der Waals surface area contributed by atoms with Crippen molar-refractivity contribution in [3.8, 4) is 5.75 Å². The molecule has 1 aliphatic rings. The minimum absolute atomic E-state index is 0.0679. The molecule has 0 spiro atoms. The van der Waals surface area contributed by atoms with Crippen LogP contribution < -0.4 is 15.0 Å². The van der Waals surface area contributed by atoms with E-state index in [0.717, 1.165) is 5.03 Å². The first-order valence-corrected chi connectivity index (χ1v) is 8.87. The summed E-state index contributed by atoms with van der Waals surface area (Å²) in [5.74, 6) is 0.790. The van der Waals surface area contributed by atoms with Gasteiger partial charge in [-0.05, 0) is 12.1 Å². The first-order chi connectivity index (χ1) is 12.2. The topological polar surface area (TPSA) is 100 Å². The van der Waals surface area contributed by atoms with Gasteiger partial charge >= 0.3 is 0 Å². The summed E-state index contributed by atoms with van der Waals surface area (Å²) in [5.41, 5.74) is 0.701. The van der Waals surface area contributed by atoms with Gasteiger partial charge in [0.15, 0.2) is 0 Å². The number of rotatable bonds is 7. The van der Waals surface area contributed by atoms with Gasteiger partial charge in [0, 0.05) is 25.3 Å². The van der Waals surface area contributed by atoms with Gasteiger partial charge in [-0.3, -0.25) is 9.59 Å². The number of anilines is 1. The molecule has 132 valence electrons. The van der Waals surface area contributed by atoms with E-state index in [1.165, 1.54) is 11.8 Å². The van der Waals surface area contributed by atoms with Crippen LogP contribution in [0.1, 0.15) is 6.42 Å². The molecule has 1 fully saturated rings. The predicted octanol–water partition coefficient (Wildman–Crippen LogP) is 1.07. The number of H-pyrrole nitrogens is 1. The standard InChI is InChI=1S/C16H19N5O3S/c1-24-13-5-3-2-4-12(13)21-10-11(8-15(21)22)16(23)17-6-7-25-14-9-18-20-19-14/h2-5,9,11H,6-8,10H2,1H3,(H,17,23)(H,18,19,20). The quantitative estimate of drug-likeness (QED) is 0.565. The van der Waals surface area contributed by atoms with Gasteiger partial charge in [-0.15, -0.1) is 16.9 Å². The zero-order valence-electron chi connectivity index (χ0n) is 13.8. The number of benzene rings is 1. The fourth-order valence-electron chi connectivity index (χ4n) is 2.70. The maximum atomic E-state index is 12.3. The Kier molecular flexibility index (Phi) is 5.54. The Balaban J connectivity index is 1.52. The van der Waals surface area contributed by atoms with Crippen LogP contribution in [0, 0.1) is 5.92 Å². The van der Waals surface area contributed by atoms with E-state index in [2.05, 4.69) is 20.7 Å². The number of para-hydroxylation sites is 2. The van der Waals surface area contributed by atoms with Gasteiger partial charge in [0.25, 0.3) is 0 Å². The summed E-state index contributed by atoms with van der Waals surface area (Å²) in [5, 5.41) is 13.9. The average Bonchev–Trinajstić information content (AvgIpc) is 3.28. The molecule has 1 saturated heterocycles. The smallest absolute Gasteiger partial charge is 0.227 e. The number of ether oxygens (including phenoxy) is 1. The molecule has 25 heavy (non-hydrogen) atoms. The lowest BCUT2D eigenvalue weighted by Gasteiger charge is -2.19. The minimum Gasteiger partial charge on any atom is -0.495 e. The van der Waals surface area contributed by atoms with Gasteiger partial charge in [0.05, 0.1) is 24.9 Å². The fourth-order valence-corrected chi connectivity index (χ4v) is 3.35. The van der Waals surface area contributed by atoms with E-state index < -0.39 is 0 Å². The van der Waals surface area contributed by atoms with E-state index in [9.17, 15) is 9.59 Å². The van der Waals surface area contributed by atoms with Crippen molar-refractivity contribution in [2.45, 2.75) is 11.4 Å². The van der Waals surface area contributed by atoms with E-state index in [4.69, 9.17) is 4.74 Å². The van der Waals surface area contributed by atoms with Gasteiger partial charge < -0.3 is 15.0 Å². The number of amides is 2. The Labute approximate surface area is 149 Å². The molecular weight excluding hydrogens is 342 g/mol. The molecule has 3 rings (SSSR count). The SMILES string of the molecule is COc1ccccc1N1CC(C(=O)NCCSc2cn[nH]n2)CC1=O. The lowest BCUT2D eigenvalue weighted by molar-refractivity contribution is -0.126. The van der Waals surface area contributed by atoms with Gasteiger partial charge in [-0.25, -0.2) is 0 Å². The number of aromatic amines is 1. The third kappa shape index (κ3) is 4.11. The Morgan fingerprint density at radius 3 is 3.08 bits per heavy atom. The normalized spacial score (nSPS) is 16.9. The van der Waals surface area contributed by atoms with Crippen LogP contribution in [0.15, 0.2) is 35.5 Å². The molecule has 1 aromatic heterocycles. The number of nitrogens with zero attached hydrogens (tertiary/aromatic N) is 3. The first-order valence-electron chi connectivity index (χ1n) is 7.88. The highest BCUT2D eigenvalue weighted by molar-refractivity contribution is 7.99. The van der Waals surface area contributed by atoms with Crippen molar-refractivity contribution in [2.75, 3.05) is 30.9 Å². The number of aromatic nitrogens is 3. The molecule has 0 aliphatic carbocycles. The maximum absolute atomic E-state index is 12.3. The summed E-state index contributed by atoms with van der Waals surface area (Å²) < 4.78 is 5.31. The van der Waals surface area contributed by atoms with E-state index >= 15 is 0 Å². The summed E-state index contributed by atoms with van der Waals surface area (Å²) in [4.78, 5) is 26.2. The second kappa shape index (κ2) is 8.02. The lowest BCUT2D eigenvalue weighted by Crippen LogP contribution is -2.34. The number of methoxy groups -OCH3 is 1. The fraction of sp³-hybridized carbons (Fsp3) is 0.375. The summed E-state index contributed by atoms with van der Waals surface area (Å²) in [6.07, 6.45) is 1.84. The molecular formula is C16H19N5O3S. The molecule has 2 N–H and O–H groups in total. The third-order valence-corrected chi connectivity index (χ3v) is 4.82. The lowest BCUT2D eigenvalue weighted by atomic mass is 10.1. The molecule has 9 heteroatoms. The highest BCUT2D eigenvalue weighted by atomic mass is 32.2. The second-order valence-corrected chi connectivity index (χ2v) is 6.64. The number of carbonyl (C=O) groups is 2. The van der Waals surface area contributed by atoms with Crippen LogP contribution in [0.25, 0.3) is 0 Å². The minimum atomic E-state index is -0.352. The van der Waals surface area contributed by atoms with Crippen LogP contribution in [0.5, 0.6) is 5.75 Å². The van der Waals surface area contributed by atoms with Crippen LogP contribution in [0.4, 0.5) is 5.69 Å². The molecule has 1 aliphatic heterocycles. The Morgan fingerprint density at radius 1 is 1.48 bits per heavy atom. The molecule has 1 atom stereocenters. The molecule has 0 bridgehead atoms. The van der Waals surface area contributed by atoms with Crippen molar-refractivity contribution in [2.24, 2.45) is 5.92 Å². The number of thioether (sulfide) groups is 1. The molecule has 2 amide bonds. The van der Waals surface area contributed by atoms with E-state index in [-0.39, 0.29) is 24.2 Å². The van der Waals surface area contributed by atoms with Crippen molar-refractivity contribution in [3.63, 3.8) is 0 Å². The highest BCUT2D eigenvalue weighted by Crippen LogP contribution is 2.32. The predicted molar refractivity (Wildman–Crippen MR) is 93.6 cm³/mol. The molecule has 2 heterocycles. The molecule has 1 aromatic carbocycles.